The number of rotatable bonds is 4. The monoisotopic (exact) mass is 571 g/mol. The van der Waals surface area contributed by atoms with Gasteiger partial charge in [-0.1, -0.05) is 22.0 Å². The third kappa shape index (κ3) is 3.98. The number of furan rings is 1. The quantitative estimate of drug-likeness (QED) is 0.262. The van der Waals surface area contributed by atoms with Crippen LogP contribution in [0.3, 0.4) is 0 Å². The zero-order valence-corrected chi connectivity index (χ0v) is 20.5. The first-order valence-electron chi connectivity index (χ1n) is 9.82. The van der Waals surface area contributed by atoms with Gasteiger partial charge in [0, 0.05) is 26.4 Å². The molecule has 0 amide bonds. The van der Waals surface area contributed by atoms with Crippen LogP contribution in [0.4, 0.5) is 10.1 Å². The second-order valence-corrected chi connectivity index (χ2v) is 9.46. The molecule has 1 fully saturated rings. The molecule has 3 heterocycles. The van der Waals surface area contributed by atoms with Crippen molar-refractivity contribution in [3.8, 4) is 11.3 Å². The van der Waals surface area contributed by atoms with E-state index in [1.165, 1.54) is 12.1 Å². The van der Waals surface area contributed by atoms with E-state index in [2.05, 4.69) is 42.2 Å². The summed E-state index contributed by atoms with van der Waals surface area (Å²) in [4.78, 5) is 6.60. The van der Waals surface area contributed by atoms with Crippen molar-refractivity contribution in [3.05, 3.63) is 105 Å². The Hall–Kier alpha value is -2.55. The van der Waals surface area contributed by atoms with Crippen molar-refractivity contribution >= 4 is 54.9 Å². The van der Waals surface area contributed by atoms with Gasteiger partial charge in [-0.2, -0.15) is 0 Å². The Bertz CT molecular complexity index is 1280. The molecule has 1 N–H and O–H groups in total. The Morgan fingerprint density at radius 3 is 2.53 bits per heavy atom. The average molecular weight is 573 g/mol. The normalized spacial score (nSPS) is 18.1. The summed E-state index contributed by atoms with van der Waals surface area (Å²) in [6.07, 6.45) is 1.77. The minimum atomic E-state index is -0.311. The molecule has 2 unspecified atom stereocenters. The van der Waals surface area contributed by atoms with Crippen molar-refractivity contribution in [1.82, 2.24) is 10.3 Å². The Morgan fingerprint density at radius 2 is 1.81 bits per heavy atom. The molecule has 1 aliphatic heterocycles. The van der Waals surface area contributed by atoms with Crippen molar-refractivity contribution in [3.63, 3.8) is 0 Å². The van der Waals surface area contributed by atoms with E-state index < -0.39 is 0 Å². The van der Waals surface area contributed by atoms with Crippen molar-refractivity contribution in [2.24, 2.45) is 0 Å². The molecule has 1 aliphatic rings. The van der Waals surface area contributed by atoms with Gasteiger partial charge < -0.3 is 14.6 Å². The number of hydrogen-bond donors (Lipinski definition) is 1. The molecule has 5 rings (SSSR count). The molecule has 2 atom stereocenters. The van der Waals surface area contributed by atoms with E-state index in [1.807, 2.05) is 59.5 Å². The summed E-state index contributed by atoms with van der Waals surface area (Å²) in [5, 5.41) is 4.01. The first kappa shape index (κ1) is 21.3. The topological polar surface area (TPSA) is 41.3 Å². The van der Waals surface area contributed by atoms with E-state index in [1.54, 1.807) is 12.3 Å². The summed E-state index contributed by atoms with van der Waals surface area (Å²) in [7, 11) is 0. The highest BCUT2D eigenvalue weighted by Gasteiger charge is 2.42. The largest absolute Gasteiger partial charge is 0.459 e. The van der Waals surface area contributed by atoms with E-state index in [4.69, 9.17) is 16.6 Å². The third-order valence-corrected chi connectivity index (χ3v) is 6.82. The second kappa shape index (κ2) is 8.77. The second-order valence-electron chi connectivity index (χ2n) is 7.30. The van der Waals surface area contributed by atoms with Crippen LogP contribution in [-0.4, -0.2) is 10.1 Å². The van der Waals surface area contributed by atoms with Crippen molar-refractivity contribution in [2.45, 2.75) is 12.1 Å². The summed E-state index contributed by atoms with van der Waals surface area (Å²) >= 11 is 12.7. The van der Waals surface area contributed by atoms with E-state index in [0.717, 1.165) is 27.2 Å². The van der Waals surface area contributed by atoms with Crippen molar-refractivity contribution in [1.29, 1.82) is 0 Å². The van der Waals surface area contributed by atoms with Gasteiger partial charge in [-0.05, 0) is 94.9 Å². The highest BCUT2D eigenvalue weighted by Crippen LogP contribution is 2.43. The standard InChI is InChI=1S/C24H16Br2FN3OS/c25-14-4-7-16(8-5-14)30-23(22(29-24(30)32)19-3-1-2-12-28-19)21-11-10-20(31-21)17-9-6-15(27)13-18(17)26/h1-13,22-23H,(H,29,32). The number of nitrogens with one attached hydrogen (secondary N) is 1. The number of pyridine rings is 1. The Labute approximate surface area is 206 Å². The van der Waals surface area contributed by atoms with Crippen LogP contribution < -0.4 is 10.2 Å². The lowest BCUT2D eigenvalue weighted by atomic mass is 10.0. The van der Waals surface area contributed by atoms with Crippen LogP contribution in [0, 0.1) is 5.82 Å². The van der Waals surface area contributed by atoms with Crippen molar-refractivity contribution < 1.29 is 8.81 Å². The molecule has 32 heavy (non-hydrogen) atoms. The first-order chi connectivity index (χ1) is 15.5. The van der Waals surface area contributed by atoms with E-state index in [0.29, 0.717) is 15.3 Å². The predicted octanol–water partition coefficient (Wildman–Crippen LogP) is 7.18. The lowest BCUT2D eigenvalue weighted by molar-refractivity contribution is 0.439. The molecule has 4 aromatic rings. The maximum absolute atomic E-state index is 13.6. The minimum Gasteiger partial charge on any atom is -0.459 e. The SMILES string of the molecule is Fc1ccc(-c2ccc(C3C(c4ccccn4)NC(=S)N3c3ccc(Br)cc3)o2)c(Br)c1. The Morgan fingerprint density at radius 1 is 1.00 bits per heavy atom. The van der Waals surface area contributed by atoms with Crippen molar-refractivity contribution in [2.75, 3.05) is 4.90 Å². The molecular formula is C24H16Br2FN3OS. The van der Waals surface area contributed by atoms with Crippen LogP contribution >= 0.6 is 44.1 Å². The predicted molar refractivity (Wildman–Crippen MR) is 134 cm³/mol. The van der Waals surface area contributed by atoms with Crippen LogP contribution in [0.1, 0.15) is 23.5 Å². The van der Waals surface area contributed by atoms with Gasteiger partial charge in [-0.15, -0.1) is 0 Å². The van der Waals surface area contributed by atoms with Crippen LogP contribution in [0.25, 0.3) is 11.3 Å². The van der Waals surface area contributed by atoms with Gasteiger partial charge in [0.05, 0.1) is 11.7 Å². The lowest BCUT2D eigenvalue weighted by Crippen LogP contribution is -2.29. The Balaban J connectivity index is 1.60. The molecule has 0 saturated carbocycles. The number of anilines is 1. The van der Waals surface area contributed by atoms with Crippen LogP contribution in [0.15, 0.2) is 92.4 Å². The summed E-state index contributed by atoms with van der Waals surface area (Å²) in [5.74, 6) is 1.05. The smallest absolute Gasteiger partial charge is 0.174 e. The lowest BCUT2D eigenvalue weighted by Gasteiger charge is -2.26. The van der Waals surface area contributed by atoms with Gasteiger partial charge in [-0.25, -0.2) is 4.39 Å². The molecular weight excluding hydrogens is 557 g/mol. The number of benzene rings is 2. The molecule has 0 radical (unpaired) electrons. The maximum Gasteiger partial charge on any atom is 0.174 e. The average Bonchev–Trinajstić information content (AvgIpc) is 3.39. The van der Waals surface area contributed by atoms with Gasteiger partial charge in [0.2, 0.25) is 0 Å². The van der Waals surface area contributed by atoms with E-state index in [-0.39, 0.29) is 17.9 Å². The summed E-state index contributed by atoms with van der Waals surface area (Å²) in [6, 6.07) is 21.7. The molecule has 0 bridgehead atoms. The van der Waals surface area contributed by atoms with Crippen LogP contribution in [0.5, 0.6) is 0 Å². The first-order valence-corrected chi connectivity index (χ1v) is 11.8. The third-order valence-electron chi connectivity index (χ3n) is 5.32. The molecule has 0 aliphatic carbocycles. The van der Waals surface area contributed by atoms with Gasteiger partial charge in [0.1, 0.15) is 23.4 Å². The molecule has 2 aromatic heterocycles. The summed E-state index contributed by atoms with van der Waals surface area (Å²) in [5.41, 5.74) is 2.58. The fraction of sp³-hybridized carbons (Fsp3) is 0.0833. The maximum atomic E-state index is 13.6. The summed E-state index contributed by atoms with van der Waals surface area (Å²) in [6.45, 7) is 0. The number of halogens is 3. The number of nitrogens with zero attached hydrogens (tertiary/aromatic N) is 2. The van der Waals surface area contributed by atoms with Crippen LogP contribution in [-0.2, 0) is 0 Å². The zero-order valence-electron chi connectivity index (χ0n) is 16.5. The molecule has 8 heteroatoms. The van der Waals surface area contributed by atoms with Crippen LogP contribution in [0.2, 0.25) is 0 Å². The summed E-state index contributed by atoms with van der Waals surface area (Å²) < 4.78 is 21.5. The zero-order chi connectivity index (χ0) is 22.2. The van der Waals surface area contributed by atoms with E-state index >= 15 is 0 Å². The Kier molecular flexibility index (Phi) is 5.84. The number of aromatic nitrogens is 1. The van der Waals surface area contributed by atoms with Gasteiger partial charge in [0.25, 0.3) is 0 Å². The van der Waals surface area contributed by atoms with E-state index in [9.17, 15) is 4.39 Å². The number of hydrogen-bond acceptors (Lipinski definition) is 3. The minimum absolute atomic E-state index is 0.206. The van der Waals surface area contributed by atoms with Gasteiger partial charge in [-0.3, -0.25) is 4.98 Å². The molecule has 4 nitrogen and oxygen atoms in total. The molecule has 2 aromatic carbocycles. The molecule has 0 spiro atoms. The highest BCUT2D eigenvalue weighted by molar-refractivity contribution is 9.10. The highest BCUT2D eigenvalue weighted by atomic mass is 79.9. The van der Waals surface area contributed by atoms with Gasteiger partial charge in [0.15, 0.2) is 5.11 Å². The molecule has 160 valence electrons. The number of thiocarbonyl (C=S) groups is 1. The molecule has 1 saturated heterocycles. The fourth-order valence-electron chi connectivity index (χ4n) is 3.87. The van der Waals surface area contributed by atoms with Gasteiger partial charge >= 0.3 is 0 Å². The fourth-order valence-corrected chi connectivity index (χ4v) is 5.03.